The van der Waals surface area contributed by atoms with Crippen LogP contribution < -0.4 is 0 Å². The molecule has 0 amide bonds. The van der Waals surface area contributed by atoms with Gasteiger partial charge in [0, 0.05) is 23.0 Å². The average Bonchev–Trinajstić information content (AvgIpc) is 3.14. The van der Waals surface area contributed by atoms with Crippen molar-refractivity contribution in [3.8, 4) is 0 Å². The molecule has 0 aromatic heterocycles. The van der Waals surface area contributed by atoms with Crippen LogP contribution in [-0.2, 0) is 26.5 Å². The Labute approximate surface area is 127 Å². The number of hydrogen-bond donors (Lipinski definition) is 1. The Hall–Kier alpha value is 0.399. The molecule has 2 aliphatic carbocycles. The smallest absolute Gasteiger partial charge is 0.164 e. The zero-order valence-corrected chi connectivity index (χ0v) is 11.7. The van der Waals surface area contributed by atoms with Crippen molar-refractivity contribution in [2.45, 2.75) is 18.8 Å². The van der Waals surface area contributed by atoms with E-state index in [0.29, 0.717) is 6.61 Å². The van der Waals surface area contributed by atoms with Crippen LogP contribution in [0.25, 0.3) is 0 Å². The van der Waals surface area contributed by atoms with Gasteiger partial charge in [-0.05, 0) is 64.2 Å². The van der Waals surface area contributed by atoms with E-state index in [4.69, 9.17) is 14.6 Å². The van der Waals surface area contributed by atoms with Gasteiger partial charge in [-0.15, -0.1) is 0 Å². The topological polar surface area (TPSA) is 38.7 Å². The predicted octanol–water partition coefficient (Wildman–Crippen LogP) is 1.53. The van der Waals surface area contributed by atoms with Gasteiger partial charge in [0.1, 0.15) is 0 Å². The minimum absolute atomic E-state index is 0. The molecule has 0 aromatic carbocycles. The Balaban J connectivity index is 0.000000256. The molecule has 19 heavy (non-hydrogen) atoms. The van der Waals surface area contributed by atoms with E-state index < -0.39 is 0 Å². The van der Waals surface area contributed by atoms with Crippen molar-refractivity contribution in [1.82, 2.24) is 0 Å². The first kappa shape index (κ1) is 17.5. The van der Waals surface area contributed by atoms with E-state index in [1.165, 1.54) is 0 Å². The predicted molar refractivity (Wildman–Crippen MR) is 68.3 cm³/mol. The molecule has 1 aliphatic heterocycles. The van der Waals surface area contributed by atoms with Crippen LogP contribution in [0.4, 0.5) is 0 Å². The van der Waals surface area contributed by atoms with Gasteiger partial charge in [0.2, 0.25) is 0 Å². The van der Waals surface area contributed by atoms with Crippen molar-refractivity contribution in [2.24, 2.45) is 0 Å². The van der Waals surface area contributed by atoms with E-state index in [-0.39, 0.29) is 36.1 Å². The van der Waals surface area contributed by atoms with E-state index in [1.807, 2.05) is 57.8 Å². The molecule has 1 heterocycles. The van der Waals surface area contributed by atoms with E-state index in [0.717, 1.165) is 12.3 Å². The molecular weight excluding hydrogens is 284 g/mol. The second kappa shape index (κ2) is 10.2. The normalized spacial score (nSPS) is 31.4. The molecule has 2 atom stereocenters. The SMILES string of the molecule is OC[C@@H]1CCO[C@H]([C]2[CH][CH][CH][CH]2)O1.[CH]1[CH][CH][CH][CH]1.[Fe]. The van der Waals surface area contributed by atoms with Gasteiger partial charge < -0.3 is 14.6 Å². The third-order valence-corrected chi connectivity index (χ3v) is 2.74. The van der Waals surface area contributed by atoms with Gasteiger partial charge in [0.15, 0.2) is 6.29 Å². The maximum atomic E-state index is 8.93. The van der Waals surface area contributed by atoms with E-state index in [9.17, 15) is 0 Å². The number of ether oxygens (including phenoxy) is 2. The maximum Gasteiger partial charge on any atom is 0.164 e. The Morgan fingerprint density at radius 2 is 1.58 bits per heavy atom. The van der Waals surface area contributed by atoms with Gasteiger partial charge in [-0.25, -0.2) is 0 Å². The largest absolute Gasteiger partial charge is 0.394 e. The Morgan fingerprint density at radius 1 is 1.00 bits per heavy atom. The van der Waals surface area contributed by atoms with Crippen molar-refractivity contribution < 1.29 is 31.6 Å². The minimum Gasteiger partial charge on any atom is -0.394 e. The summed E-state index contributed by atoms with van der Waals surface area (Å²) in [6.07, 6.45) is 18.2. The first-order chi connectivity index (χ1) is 8.90. The molecule has 3 rings (SSSR count). The first-order valence-corrected chi connectivity index (χ1v) is 6.16. The summed E-state index contributed by atoms with van der Waals surface area (Å²) in [7, 11) is 0. The van der Waals surface area contributed by atoms with Crippen LogP contribution in [0.2, 0.25) is 0 Å². The molecule has 0 bridgehead atoms. The summed E-state index contributed by atoms with van der Waals surface area (Å²) in [6.45, 7) is 0.724. The van der Waals surface area contributed by atoms with Crippen LogP contribution in [0.5, 0.6) is 0 Å². The number of hydrogen-bond acceptors (Lipinski definition) is 3. The molecule has 10 radical (unpaired) electrons. The summed E-state index contributed by atoms with van der Waals surface area (Å²) >= 11 is 0. The molecule has 3 aliphatic rings. The molecule has 1 N–H and O–H groups in total. The van der Waals surface area contributed by atoms with Gasteiger partial charge in [-0.2, -0.15) is 0 Å². The van der Waals surface area contributed by atoms with Crippen LogP contribution in [0.3, 0.4) is 0 Å². The Kier molecular flexibility index (Phi) is 9.34. The molecule has 3 fully saturated rings. The van der Waals surface area contributed by atoms with Crippen molar-refractivity contribution in [3.05, 3.63) is 63.7 Å². The Morgan fingerprint density at radius 3 is 2.11 bits per heavy atom. The van der Waals surface area contributed by atoms with Gasteiger partial charge >= 0.3 is 0 Å². The van der Waals surface area contributed by atoms with Crippen molar-refractivity contribution in [3.63, 3.8) is 0 Å². The number of rotatable bonds is 2. The average molecular weight is 302 g/mol. The molecule has 0 unspecified atom stereocenters. The molecule has 2 saturated carbocycles. The molecule has 0 spiro atoms. The molecule has 0 aromatic rings. The standard InChI is InChI=1S/C10H13O3.C5H5.Fe/c11-7-9-5-6-12-10(13-9)8-3-1-2-4-8;1-2-4-5-3-1;/h1-4,9-11H,5-7H2;1-5H;/t9-,10-;;/m0../s1. The maximum absolute atomic E-state index is 8.93. The van der Waals surface area contributed by atoms with Gasteiger partial charge in [0.25, 0.3) is 0 Å². The fourth-order valence-electron chi connectivity index (χ4n) is 1.76. The van der Waals surface area contributed by atoms with Crippen LogP contribution in [0, 0.1) is 63.7 Å². The van der Waals surface area contributed by atoms with E-state index in [1.54, 1.807) is 0 Å². The van der Waals surface area contributed by atoms with Crippen LogP contribution in [0.15, 0.2) is 0 Å². The van der Waals surface area contributed by atoms with Crippen molar-refractivity contribution in [2.75, 3.05) is 13.2 Å². The molecular formula is C15H18FeO3. The second-order valence-electron chi connectivity index (χ2n) is 4.11. The van der Waals surface area contributed by atoms with Crippen LogP contribution in [-0.4, -0.2) is 30.7 Å². The minimum atomic E-state index is -0.291. The second-order valence-corrected chi connectivity index (χ2v) is 4.11. The van der Waals surface area contributed by atoms with E-state index in [2.05, 4.69) is 0 Å². The van der Waals surface area contributed by atoms with Crippen LogP contribution in [0.1, 0.15) is 6.42 Å². The summed E-state index contributed by atoms with van der Waals surface area (Å²) in [6, 6.07) is 0. The third kappa shape index (κ3) is 6.14. The summed E-state index contributed by atoms with van der Waals surface area (Å²) in [5.41, 5.74) is 0. The quantitative estimate of drug-likeness (QED) is 0.786. The van der Waals surface area contributed by atoms with Crippen LogP contribution >= 0.6 is 0 Å². The zero-order valence-electron chi connectivity index (χ0n) is 10.6. The monoisotopic (exact) mass is 302 g/mol. The van der Waals surface area contributed by atoms with Gasteiger partial charge in [-0.1, -0.05) is 0 Å². The fraction of sp³-hybridized carbons (Fsp3) is 0.333. The van der Waals surface area contributed by atoms with Gasteiger partial charge in [-0.3, -0.25) is 0 Å². The van der Waals surface area contributed by atoms with Crippen molar-refractivity contribution >= 4 is 0 Å². The summed E-state index contributed by atoms with van der Waals surface area (Å²) in [5, 5.41) is 8.93. The summed E-state index contributed by atoms with van der Waals surface area (Å²) in [4.78, 5) is 0. The third-order valence-electron chi connectivity index (χ3n) is 2.74. The zero-order chi connectivity index (χ0) is 12.6. The summed E-state index contributed by atoms with van der Waals surface area (Å²) in [5.74, 6) is 1.03. The number of aliphatic hydroxyl groups is 1. The fourth-order valence-corrected chi connectivity index (χ4v) is 1.76. The summed E-state index contributed by atoms with van der Waals surface area (Å²) < 4.78 is 10.9. The first-order valence-electron chi connectivity index (χ1n) is 6.16. The molecule has 1 saturated heterocycles. The van der Waals surface area contributed by atoms with Crippen molar-refractivity contribution in [1.29, 1.82) is 0 Å². The number of aliphatic hydroxyl groups excluding tert-OH is 1. The molecule has 4 heteroatoms. The van der Waals surface area contributed by atoms with E-state index >= 15 is 0 Å². The molecule has 104 valence electrons. The molecule has 3 nitrogen and oxygen atoms in total. The van der Waals surface area contributed by atoms with Gasteiger partial charge in [0.05, 0.1) is 19.3 Å². The Bertz CT molecular complexity index is 208.